The van der Waals surface area contributed by atoms with Gasteiger partial charge in [-0.1, -0.05) is 44.5 Å². The molecule has 20 heavy (non-hydrogen) atoms. The third kappa shape index (κ3) is 4.60. The Morgan fingerprint density at radius 3 is 2.65 bits per heavy atom. The van der Waals surface area contributed by atoms with Gasteiger partial charge in [0.05, 0.1) is 0 Å². The molecule has 2 N–H and O–H groups in total. The fraction of sp³-hybridized carbons (Fsp3) is 0.667. The fourth-order valence-corrected chi connectivity index (χ4v) is 3.00. The van der Waals surface area contributed by atoms with Crippen LogP contribution in [-0.4, -0.2) is 24.5 Å². The van der Waals surface area contributed by atoms with E-state index < -0.39 is 0 Å². The molecule has 0 saturated heterocycles. The van der Waals surface area contributed by atoms with Crippen LogP contribution >= 0.6 is 0 Å². The van der Waals surface area contributed by atoms with Crippen molar-refractivity contribution < 1.29 is 0 Å². The van der Waals surface area contributed by atoms with E-state index in [0.29, 0.717) is 5.41 Å². The summed E-state index contributed by atoms with van der Waals surface area (Å²) in [5.74, 6) is 0. The normalized spacial score (nSPS) is 16.8. The Morgan fingerprint density at radius 2 is 1.90 bits per heavy atom. The topological polar surface area (TPSA) is 29.3 Å². The summed E-state index contributed by atoms with van der Waals surface area (Å²) >= 11 is 0. The lowest BCUT2D eigenvalue weighted by atomic mass is 9.87. The van der Waals surface area contributed by atoms with Crippen molar-refractivity contribution in [2.24, 2.45) is 11.1 Å². The van der Waals surface area contributed by atoms with Crippen LogP contribution in [0.15, 0.2) is 24.3 Å². The third-order valence-corrected chi connectivity index (χ3v) is 4.56. The first-order valence-corrected chi connectivity index (χ1v) is 8.10. The van der Waals surface area contributed by atoms with Crippen LogP contribution in [0.5, 0.6) is 0 Å². The summed E-state index contributed by atoms with van der Waals surface area (Å²) in [6.45, 7) is 8.95. The highest BCUT2D eigenvalue weighted by Gasteiger charge is 2.16. The second-order valence-corrected chi connectivity index (χ2v) is 6.97. The first kappa shape index (κ1) is 15.5. The zero-order chi connectivity index (χ0) is 14.4. The highest BCUT2D eigenvalue weighted by atomic mass is 15.1. The predicted octanol–water partition coefficient (Wildman–Crippen LogP) is 3.59. The van der Waals surface area contributed by atoms with Gasteiger partial charge in [0.2, 0.25) is 0 Å². The zero-order valence-corrected chi connectivity index (χ0v) is 13.2. The number of benzene rings is 1. The molecule has 1 aliphatic heterocycles. The van der Waals surface area contributed by atoms with E-state index in [1.165, 1.54) is 50.8 Å². The average molecular weight is 274 g/mol. The van der Waals surface area contributed by atoms with Crippen molar-refractivity contribution in [2.45, 2.75) is 52.5 Å². The van der Waals surface area contributed by atoms with Crippen molar-refractivity contribution in [3.8, 4) is 0 Å². The van der Waals surface area contributed by atoms with Gasteiger partial charge in [0, 0.05) is 6.54 Å². The van der Waals surface area contributed by atoms with Gasteiger partial charge in [-0.15, -0.1) is 0 Å². The first-order valence-electron chi connectivity index (χ1n) is 8.10. The summed E-state index contributed by atoms with van der Waals surface area (Å²) in [6.07, 6.45) is 6.38. The Bertz CT molecular complexity index is 412. The molecular weight excluding hydrogens is 244 g/mol. The van der Waals surface area contributed by atoms with E-state index in [9.17, 15) is 0 Å². The molecule has 2 heteroatoms. The molecule has 2 rings (SSSR count). The van der Waals surface area contributed by atoms with E-state index >= 15 is 0 Å². The van der Waals surface area contributed by atoms with E-state index in [2.05, 4.69) is 43.0 Å². The lowest BCUT2D eigenvalue weighted by molar-refractivity contribution is 0.251. The van der Waals surface area contributed by atoms with Crippen molar-refractivity contribution in [3.05, 3.63) is 35.4 Å². The van der Waals surface area contributed by atoms with Crippen LogP contribution in [0.25, 0.3) is 0 Å². The van der Waals surface area contributed by atoms with Gasteiger partial charge in [0.25, 0.3) is 0 Å². The Balaban J connectivity index is 1.77. The number of nitrogens with zero attached hydrogens (tertiary/aromatic N) is 1. The fourth-order valence-electron chi connectivity index (χ4n) is 3.00. The Kier molecular flexibility index (Phi) is 5.62. The van der Waals surface area contributed by atoms with Gasteiger partial charge < -0.3 is 5.73 Å². The second-order valence-electron chi connectivity index (χ2n) is 6.97. The molecule has 2 nitrogen and oxygen atoms in total. The maximum absolute atomic E-state index is 5.79. The second kappa shape index (κ2) is 7.24. The van der Waals surface area contributed by atoms with Gasteiger partial charge in [-0.3, -0.25) is 4.90 Å². The van der Waals surface area contributed by atoms with E-state index in [0.717, 1.165) is 13.1 Å². The molecule has 1 aromatic carbocycles. The number of aryl methyl sites for hydroxylation is 1. The van der Waals surface area contributed by atoms with Crippen LogP contribution in [0.2, 0.25) is 0 Å². The molecule has 1 heterocycles. The summed E-state index contributed by atoms with van der Waals surface area (Å²) in [5, 5.41) is 0. The van der Waals surface area contributed by atoms with Gasteiger partial charge >= 0.3 is 0 Å². The number of hydrogen-bond acceptors (Lipinski definition) is 2. The summed E-state index contributed by atoms with van der Waals surface area (Å²) in [5.41, 5.74) is 9.19. The molecule has 0 radical (unpaired) electrons. The Labute approximate surface area is 124 Å². The van der Waals surface area contributed by atoms with Crippen LogP contribution < -0.4 is 5.73 Å². The lowest BCUT2D eigenvalue weighted by Crippen LogP contribution is -2.26. The minimum Gasteiger partial charge on any atom is -0.330 e. The number of nitrogens with two attached hydrogens (primary N) is 1. The minimum atomic E-state index is 0.311. The monoisotopic (exact) mass is 274 g/mol. The smallest absolute Gasteiger partial charge is 0.0236 e. The number of rotatable bonds is 6. The minimum absolute atomic E-state index is 0.311. The summed E-state index contributed by atoms with van der Waals surface area (Å²) in [4.78, 5) is 2.63. The van der Waals surface area contributed by atoms with Crippen LogP contribution in [0.1, 0.15) is 50.7 Å². The predicted molar refractivity (Wildman–Crippen MR) is 86.7 cm³/mol. The molecule has 1 aromatic rings. The molecule has 1 aliphatic rings. The maximum atomic E-state index is 5.79. The summed E-state index contributed by atoms with van der Waals surface area (Å²) in [6, 6.07) is 8.93. The van der Waals surface area contributed by atoms with Crippen molar-refractivity contribution in [1.82, 2.24) is 4.90 Å². The van der Waals surface area contributed by atoms with E-state index in [4.69, 9.17) is 5.73 Å². The molecule has 0 atom stereocenters. The van der Waals surface area contributed by atoms with Gasteiger partial charge in [-0.2, -0.15) is 0 Å². The number of unbranched alkanes of at least 4 members (excludes halogenated alkanes) is 1. The first-order chi connectivity index (χ1) is 9.61. The largest absolute Gasteiger partial charge is 0.330 e. The van der Waals surface area contributed by atoms with Gasteiger partial charge in [-0.25, -0.2) is 0 Å². The molecule has 0 aliphatic carbocycles. The molecule has 0 unspecified atom stereocenters. The maximum Gasteiger partial charge on any atom is 0.0236 e. The lowest BCUT2D eigenvalue weighted by Gasteiger charge is -2.24. The quantitative estimate of drug-likeness (QED) is 0.803. The standard InChI is InChI=1S/C18H30N2/c1-18(2,15-19)11-5-6-12-20-13-7-10-16-8-3-4-9-17(16)14-20/h3-4,8-9H,5-7,10-15,19H2,1-2H3. The van der Waals surface area contributed by atoms with E-state index in [1.807, 2.05) is 0 Å². The molecule has 0 amide bonds. The Hall–Kier alpha value is -0.860. The summed E-state index contributed by atoms with van der Waals surface area (Å²) < 4.78 is 0. The highest BCUT2D eigenvalue weighted by Crippen LogP contribution is 2.22. The molecule has 0 spiro atoms. The highest BCUT2D eigenvalue weighted by molar-refractivity contribution is 5.27. The molecular formula is C18H30N2. The Morgan fingerprint density at radius 1 is 1.15 bits per heavy atom. The number of hydrogen-bond donors (Lipinski definition) is 1. The van der Waals surface area contributed by atoms with Crippen molar-refractivity contribution in [3.63, 3.8) is 0 Å². The van der Waals surface area contributed by atoms with Crippen molar-refractivity contribution in [1.29, 1.82) is 0 Å². The number of fused-ring (bicyclic) bond motifs is 1. The molecule has 0 fully saturated rings. The van der Waals surface area contributed by atoms with Crippen molar-refractivity contribution >= 4 is 0 Å². The van der Waals surface area contributed by atoms with E-state index in [1.54, 1.807) is 5.56 Å². The average Bonchev–Trinajstić information content (AvgIpc) is 2.65. The van der Waals surface area contributed by atoms with Crippen LogP contribution in [0, 0.1) is 5.41 Å². The van der Waals surface area contributed by atoms with Crippen LogP contribution in [0.4, 0.5) is 0 Å². The molecule has 112 valence electrons. The van der Waals surface area contributed by atoms with E-state index in [-0.39, 0.29) is 0 Å². The summed E-state index contributed by atoms with van der Waals surface area (Å²) in [7, 11) is 0. The zero-order valence-electron chi connectivity index (χ0n) is 13.2. The molecule has 0 aromatic heterocycles. The molecule has 0 bridgehead atoms. The van der Waals surface area contributed by atoms with Gasteiger partial charge in [0.1, 0.15) is 0 Å². The SMILES string of the molecule is CC(C)(CN)CCCCN1CCCc2ccccc2C1. The molecule has 0 saturated carbocycles. The van der Waals surface area contributed by atoms with Gasteiger partial charge in [-0.05, 0) is 61.9 Å². The van der Waals surface area contributed by atoms with Crippen LogP contribution in [-0.2, 0) is 13.0 Å². The van der Waals surface area contributed by atoms with Crippen LogP contribution in [0.3, 0.4) is 0 Å². The van der Waals surface area contributed by atoms with Gasteiger partial charge in [0.15, 0.2) is 0 Å². The van der Waals surface area contributed by atoms with Crippen molar-refractivity contribution in [2.75, 3.05) is 19.6 Å². The third-order valence-electron chi connectivity index (χ3n) is 4.56.